The summed E-state index contributed by atoms with van der Waals surface area (Å²) >= 11 is 0. The molecule has 0 aromatic carbocycles. The largest absolute Gasteiger partial charge is 0.342 e. The van der Waals surface area contributed by atoms with Crippen LogP contribution in [0.2, 0.25) is 0 Å². The zero-order valence-corrected chi connectivity index (χ0v) is 10.3. The molecule has 88 valence electrons. The van der Waals surface area contributed by atoms with Crippen molar-refractivity contribution in [1.82, 2.24) is 14.9 Å². The van der Waals surface area contributed by atoms with E-state index in [1.54, 1.807) is 0 Å². The second-order valence-corrected chi connectivity index (χ2v) is 4.66. The Morgan fingerprint density at radius 2 is 2.38 bits per heavy atom. The third-order valence-electron chi connectivity index (χ3n) is 3.28. The summed E-state index contributed by atoms with van der Waals surface area (Å²) in [7, 11) is 4.27. The number of anilines is 1. The number of likely N-dealkylation sites (tertiary alicyclic amines) is 1. The van der Waals surface area contributed by atoms with Gasteiger partial charge in [0.15, 0.2) is 0 Å². The van der Waals surface area contributed by atoms with Gasteiger partial charge in [0.1, 0.15) is 0 Å². The van der Waals surface area contributed by atoms with Crippen LogP contribution in [0.5, 0.6) is 0 Å². The predicted octanol–water partition coefficient (Wildman–Crippen LogP) is 1.32. The first kappa shape index (κ1) is 11.3. The molecule has 0 amide bonds. The fourth-order valence-corrected chi connectivity index (χ4v) is 2.23. The molecule has 1 aromatic heterocycles. The number of nitrogens with zero attached hydrogens (tertiary/aromatic N) is 4. The average molecular weight is 220 g/mol. The molecule has 1 unspecified atom stereocenters. The van der Waals surface area contributed by atoms with Gasteiger partial charge in [0, 0.05) is 31.5 Å². The summed E-state index contributed by atoms with van der Waals surface area (Å²) in [6, 6.07) is 2.58. The maximum Gasteiger partial charge on any atom is 0.225 e. The van der Waals surface area contributed by atoms with Gasteiger partial charge in [-0.05, 0) is 39.4 Å². The highest BCUT2D eigenvalue weighted by Crippen LogP contribution is 2.17. The van der Waals surface area contributed by atoms with Gasteiger partial charge in [-0.25, -0.2) is 9.97 Å². The number of rotatable bonds is 3. The first-order valence-electron chi connectivity index (χ1n) is 5.88. The molecule has 16 heavy (non-hydrogen) atoms. The number of hydrogen-bond acceptors (Lipinski definition) is 4. The molecule has 1 saturated heterocycles. The molecule has 1 aromatic rings. The van der Waals surface area contributed by atoms with Gasteiger partial charge >= 0.3 is 0 Å². The average Bonchev–Trinajstić information content (AvgIpc) is 2.64. The van der Waals surface area contributed by atoms with Crippen molar-refractivity contribution in [2.75, 3.05) is 32.1 Å². The van der Waals surface area contributed by atoms with E-state index in [4.69, 9.17) is 0 Å². The zero-order valence-electron chi connectivity index (χ0n) is 10.3. The minimum Gasteiger partial charge on any atom is -0.342 e. The highest BCUT2D eigenvalue weighted by molar-refractivity contribution is 5.28. The molecule has 0 spiro atoms. The molecule has 1 aliphatic rings. The van der Waals surface area contributed by atoms with E-state index in [0.717, 1.165) is 18.2 Å². The normalized spacial score (nSPS) is 21.3. The maximum atomic E-state index is 4.44. The first-order valence-corrected chi connectivity index (χ1v) is 5.88. The number of aryl methyl sites for hydroxylation is 1. The van der Waals surface area contributed by atoms with Crippen molar-refractivity contribution < 1.29 is 0 Å². The van der Waals surface area contributed by atoms with Crippen LogP contribution in [-0.4, -0.2) is 48.1 Å². The SMILES string of the molecule is Cc1ccnc(N(C)CC2CCCN2C)n1. The minimum absolute atomic E-state index is 0.647. The van der Waals surface area contributed by atoms with E-state index >= 15 is 0 Å². The summed E-state index contributed by atoms with van der Waals surface area (Å²) in [6.45, 7) is 4.23. The highest BCUT2D eigenvalue weighted by atomic mass is 15.3. The first-order chi connectivity index (χ1) is 7.66. The smallest absolute Gasteiger partial charge is 0.225 e. The van der Waals surface area contributed by atoms with E-state index in [9.17, 15) is 0 Å². The van der Waals surface area contributed by atoms with E-state index < -0.39 is 0 Å². The third-order valence-corrected chi connectivity index (χ3v) is 3.28. The van der Waals surface area contributed by atoms with Crippen molar-refractivity contribution in [1.29, 1.82) is 0 Å². The van der Waals surface area contributed by atoms with E-state index in [1.165, 1.54) is 19.4 Å². The molecule has 1 aliphatic heterocycles. The summed E-state index contributed by atoms with van der Waals surface area (Å²) in [6.07, 6.45) is 4.42. The summed E-state index contributed by atoms with van der Waals surface area (Å²) in [5, 5.41) is 0. The fraction of sp³-hybridized carbons (Fsp3) is 0.667. The molecule has 1 atom stereocenters. The zero-order chi connectivity index (χ0) is 11.5. The van der Waals surface area contributed by atoms with Crippen LogP contribution in [0.3, 0.4) is 0 Å². The Balaban J connectivity index is 1.99. The van der Waals surface area contributed by atoms with Crippen LogP contribution in [0.15, 0.2) is 12.3 Å². The van der Waals surface area contributed by atoms with Crippen molar-refractivity contribution in [3.8, 4) is 0 Å². The lowest BCUT2D eigenvalue weighted by molar-refractivity contribution is 0.313. The molecule has 2 rings (SSSR count). The van der Waals surface area contributed by atoms with Gasteiger partial charge in [0.25, 0.3) is 0 Å². The van der Waals surface area contributed by atoms with Gasteiger partial charge in [0.05, 0.1) is 0 Å². The molecule has 2 heterocycles. The Hall–Kier alpha value is -1.16. The quantitative estimate of drug-likeness (QED) is 0.769. The number of hydrogen-bond donors (Lipinski definition) is 0. The van der Waals surface area contributed by atoms with E-state index in [-0.39, 0.29) is 0 Å². The van der Waals surface area contributed by atoms with Crippen molar-refractivity contribution >= 4 is 5.95 Å². The Morgan fingerprint density at radius 1 is 1.56 bits per heavy atom. The van der Waals surface area contributed by atoms with Crippen LogP contribution in [-0.2, 0) is 0 Å². The lowest BCUT2D eigenvalue weighted by Crippen LogP contribution is -2.37. The van der Waals surface area contributed by atoms with Crippen molar-refractivity contribution in [3.05, 3.63) is 18.0 Å². The van der Waals surface area contributed by atoms with Crippen LogP contribution in [0, 0.1) is 6.92 Å². The maximum absolute atomic E-state index is 4.44. The van der Waals surface area contributed by atoms with Crippen LogP contribution >= 0.6 is 0 Å². The van der Waals surface area contributed by atoms with Gasteiger partial charge in [-0.3, -0.25) is 0 Å². The van der Waals surface area contributed by atoms with Crippen molar-refractivity contribution in [3.63, 3.8) is 0 Å². The van der Waals surface area contributed by atoms with Crippen LogP contribution in [0.1, 0.15) is 18.5 Å². The summed E-state index contributed by atoms with van der Waals surface area (Å²) in [5.74, 6) is 0.834. The summed E-state index contributed by atoms with van der Waals surface area (Å²) in [4.78, 5) is 13.3. The van der Waals surface area contributed by atoms with Gasteiger partial charge in [0.2, 0.25) is 5.95 Å². The molecule has 0 saturated carbocycles. The monoisotopic (exact) mass is 220 g/mol. The Morgan fingerprint density at radius 3 is 3.00 bits per heavy atom. The Kier molecular flexibility index (Phi) is 3.39. The predicted molar refractivity (Wildman–Crippen MR) is 65.7 cm³/mol. The standard InChI is InChI=1S/C12H20N4/c1-10-6-7-13-12(14-10)16(3)9-11-5-4-8-15(11)2/h6-7,11H,4-5,8-9H2,1-3H3. The molecule has 0 aliphatic carbocycles. The molecular weight excluding hydrogens is 200 g/mol. The second-order valence-electron chi connectivity index (χ2n) is 4.66. The second kappa shape index (κ2) is 4.78. The third kappa shape index (κ3) is 2.50. The Labute approximate surface area is 97.3 Å². The highest BCUT2D eigenvalue weighted by Gasteiger charge is 2.22. The lowest BCUT2D eigenvalue weighted by atomic mass is 10.2. The molecule has 4 nitrogen and oxygen atoms in total. The molecule has 0 N–H and O–H groups in total. The molecule has 4 heteroatoms. The number of aromatic nitrogens is 2. The van der Waals surface area contributed by atoms with Crippen LogP contribution < -0.4 is 4.90 Å². The molecular formula is C12H20N4. The molecule has 0 radical (unpaired) electrons. The number of likely N-dealkylation sites (N-methyl/N-ethyl adjacent to an activating group) is 2. The van der Waals surface area contributed by atoms with E-state index in [0.29, 0.717) is 6.04 Å². The minimum atomic E-state index is 0.647. The van der Waals surface area contributed by atoms with Gasteiger partial charge < -0.3 is 9.80 Å². The summed E-state index contributed by atoms with van der Waals surface area (Å²) in [5.41, 5.74) is 1.02. The lowest BCUT2D eigenvalue weighted by Gasteiger charge is -2.25. The van der Waals surface area contributed by atoms with E-state index in [2.05, 4.69) is 33.9 Å². The Bertz CT molecular complexity index is 353. The van der Waals surface area contributed by atoms with Crippen molar-refractivity contribution in [2.24, 2.45) is 0 Å². The van der Waals surface area contributed by atoms with Gasteiger partial charge in [-0.15, -0.1) is 0 Å². The fourth-order valence-electron chi connectivity index (χ4n) is 2.23. The van der Waals surface area contributed by atoms with Gasteiger partial charge in [-0.1, -0.05) is 0 Å². The van der Waals surface area contributed by atoms with E-state index in [1.807, 2.05) is 19.2 Å². The van der Waals surface area contributed by atoms with Crippen LogP contribution in [0.25, 0.3) is 0 Å². The van der Waals surface area contributed by atoms with Crippen molar-refractivity contribution in [2.45, 2.75) is 25.8 Å². The molecule has 1 fully saturated rings. The van der Waals surface area contributed by atoms with Crippen LogP contribution in [0.4, 0.5) is 5.95 Å². The summed E-state index contributed by atoms with van der Waals surface area (Å²) < 4.78 is 0. The van der Waals surface area contributed by atoms with Gasteiger partial charge in [-0.2, -0.15) is 0 Å². The molecule has 0 bridgehead atoms. The topological polar surface area (TPSA) is 32.3 Å².